The number of benzene rings is 2. The van der Waals surface area contributed by atoms with E-state index in [0.29, 0.717) is 25.2 Å². The van der Waals surface area contributed by atoms with Gasteiger partial charge in [0.2, 0.25) is 0 Å². The second-order valence-electron chi connectivity index (χ2n) is 8.04. The maximum Gasteiger partial charge on any atom is 0.317 e. The fourth-order valence-electron chi connectivity index (χ4n) is 3.81. The number of carbonyl (C=O) groups excluding carboxylic acids is 2. The number of rotatable bonds is 7. The molecule has 1 aliphatic rings. The van der Waals surface area contributed by atoms with Crippen LogP contribution in [0.4, 0.5) is 4.79 Å². The number of nitrogens with zero attached hydrogens (tertiary/aromatic N) is 2. The van der Waals surface area contributed by atoms with E-state index in [1.165, 1.54) is 0 Å². The molecule has 1 unspecified atom stereocenters. The van der Waals surface area contributed by atoms with Crippen molar-refractivity contribution in [3.63, 3.8) is 0 Å². The van der Waals surface area contributed by atoms with Gasteiger partial charge in [0, 0.05) is 31.2 Å². The van der Waals surface area contributed by atoms with Crippen molar-refractivity contribution in [2.24, 2.45) is 0 Å². The summed E-state index contributed by atoms with van der Waals surface area (Å²) in [5.41, 5.74) is 1.78. The summed E-state index contributed by atoms with van der Waals surface area (Å²) in [6.45, 7) is 1.77. The van der Waals surface area contributed by atoms with Gasteiger partial charge in [-0.25, -0.2) is 4.79 Å². The molecule has 7 heteroatoms. The Balaban J connectivity index is 1.47. The predicted molar refractivity (Wildman–Crippen MR) is 121 cm³/mol. The molecule has 1 aliphatic heterocycles. The van der Waals surface area contributed by atoms with E-state index >= 15 is 0 Å². The third kappa shape index (κ3) is 6.21. The first kappa shape index (κ1) is 22.6. The van der Waals surface area contributed by atoms with Gasteiger partial charge in [0.05, 0.1) is 13.2 Å². The minimum Gasteiger partial charge on any atom is -0.497 e. The Bertz CT molecular complexity index is 847. The van der Waals surface area contributed by atoms with Crippen molar-refractivity contribution in [3.05, 3.63) is 65.7 Å². The average molecular weight is 425 g/mol. The first-order valence-corrected chi connectivity index (χ1v) is 10.7. The van der Waals surface area contributed by atoms with Crippen LogP contribution in [0.15, 0.2) is 54.6 Å². The van der Waals surface area contributed by atoms with Crippen LogP contribution in [0.2, 0.25) is 0 Å². The molecular formula is C24H32N4O3. The summed E-state index contributed by atoms with van der Waals surface area (Å²) in [4.78, 5) is 28.9. The summed E-state index contributed by atoms with van der Waals surface area (Å²) in [6, 6.07) is 17.2. The van der Waals surface area contributed by atoms with Gasteiger partial charge < -0.3 is 25.2 Å². The third-order valence-electron chi connectivity index (χ3n) is 5.72. The monoisotopic (exact) mass is 424 g/mol. The molecule has 7 nitrogen and oxygen atoms in total. The molecular weight excluding hydrogens is 392 g/mol. The standard InChI is InChI=1S/C24H32N4O3/c1-27(2)22(18-9-11-21(31-3)12-10-18)17-25-24(30)28-15-13-20(14-16-28)26-23(29)19-7-5-4-6-8-19/h4-12,20,22H,13-17H2,1-3H3,(H,25,30)(H,26,29). The number of urea groups is 1. The summed E-state index contributed by atoms with van der Waals surface area (Å²) in [5.74, 6) is 0.754. The minimum absolute atomic E-state index is 0.0585. The fourth-order valence-corrected chi connectivity index (χ4v) is 3.81. The predicted octanol–water partition coefficient (Wildman–Crippen LogP) is 2.90. The van der Waals surface area contributed by atoms with Crippen LogP contribution in [0, 0.1) is 0 Å². The van der Waals surface area contributed by atoms with Crippen LogP contribution >= 0.6 is 0 Å². The van der Waals surface area contributed by atoms with Crippen molar-refractivity contribution in [2.45, 2.75) is 24.9 Å². The lowest BCUT2D eigenvalue weighted by atomic mass is 10.0. The summed E-state index contributed by atoms with van der Waals surface area (Å²) in [6.07, 6.45) is 1.50. The maximum atomic E-state index is 12.7. The van der Waals surface area contributed by atoms with Gasteiger partial charge in [-0.15, -0.1) is 0 Å². The number of nitrogens with one attached hydrogen (secondary N) is 2. The lowest BCUT2D eigenvalue weighted by Crippen LogP contribution is -2.50. The number of methoxy groups -OCH3 is 1. The molecule has 0 saturated carbocycles. The Kier molecular flexibility index (Phi) is 7.89. The van der Waals surface area contributed by atoms with Gasteiger partial charge in [-0.05, 0) is 56.8 Å². The van der Waals surface area contributed by atoms with Crippen LogP contribution in [0.5, 0.6) is 5.75 Å². The zero-order chi connectivity index (χ0) is 22.2. The van der Waals surface area contributed by atoms with Gasteiger partial charge in [0.1, 0.15) is 5.75 Å². The second-order valence-corrected chi connectivity index (χ2v) is 8.04. The van der Waals surface area contributed by atoms with Crippen molar-refractivity contribution in [3.8, 4) is 5.75 Å². The molecule has 2 aromatic carbocycles. The van der Waals surface area contributed by atoms with Crippen molar-refractivity contribution < 1.29 is 14.3 Å². The topological polar surface area (TPSA) is 73.9 Å². The summed E-state index contributed by atoms with van der Waals surface area (Å²) < 4.78 is 5.23. The largest absolute Gasteiger partial charge is 0.497 e. The van der Waals surface area contributed by atoms with Crippen LogP contribution < -0.4 is 15.4 Å². The molecule has 1 atom stereocenters. The van der Waals surface area contributed by atoms with E-state index in [4.69, 9.17) is 4.74 Å². The minimum atomic E-state index is -0.0619. The van der Waals surface area contributed by atoms with Gasteiger partial charge in [0.25, 0.3) is 5.91 Å². The number of ether oxygens (including phenoxy) is 1. The van der Waals surface area contributed by atoms with Gasteiger partial charge in [0.15, 0.2) is 0 Å². The molecule has 0 aliphatic carbocycles. The van der Waals surface area contributed by atoms with Crippen molar-refractivity contribution in [1.29, 1.82) is 0 Å². The van der Waals surface area contributed by atoms with E-state index < -0.39 is 0 Å². The average Bonchev–Trinajstić information content (AvgIpc) is 2.80. The van der Waals surface area contributed by atoms with Crippen molar-refractivity contribution >= 4 is 11.9 Å². The summed E-state index contributed by atoms with van der Waals surface area (Å²) in [5, 5.41) is 6.15. The molecule has 0 aromatic heterocycles. The number of amides is 3. The fraction of sp³-hybridized carbons (Fsp3) is 0.417. The van der Waals surface area contributed by atoms with E-state index in [0.717, 1.165) is 24.2 Å². The summed E-state index contributed by atoms with van der Waals surface area (Å²) in [7, 11) is 5.65. The Morgan fingerprint density at radius 1 is 1.06 bits per heavy atom. The highest BCUT2D eigenvalue weighted by molar-refractivity contribution is 5.94. The first-order chi connectivity index (χ1) is 15.0. The molecule has 1 saturated heterocycles. The normalized spacial score (nSPS) is 15.4. The van der Waals surface area contributed by atoms with Crippen LogP contribution in [-0.2, 0) is 0 Å². The first-order valence-electron chi connectivity index (χ1n) is 10.7. The zero-order valence-electron chi connectivity index (χ0n) is 18.5. The van der Waals surface area contributed by atoms with E-state index in [-0.39, 0.29) is 24.0 Å². The number of hydrogen-bond donors (Lipinski definition) is 2. The third-order valence-corrected chi connectivity index (χ3v) is 5.72. The van der Waals surface area contributed by atoms with E-state index in [9.17, 15) is 9.59 Å². The number of hydrogen-bond acceptors (Lipinski definition) is 4. The number of likely N-dealkylation sites (tertiary alicyclic amines) is 1. The van der Waals surface area contributed by atoms with E-state index in [1.807, 2.05) is 73.6 Å². The molecule has 0 bridgehead atoms. The van der Waals surface area contributed by atoms with Gasteiger partial charge in [-0.3, -0.25) is 4.79 Å². The number of likely N-dealkylation sites (N-methyl/N-ethyl adjacent to an activating group) is 1. The highest BCUT2D eigenvalue weighted by Crippen LogP contribution is 2.21. The number of piperidine rings is 1. The quantitative estimate of drug-likeness (QED) is 0.717. The zero-order valence-corrected chi connectivity index (χ0v) is 18.5. The molecule has 3 amide bonds. The van der Waals surface area contributed by atoms with Gasteiger partial charge in [-0.1, -0.05) is 30.3 Å². The lowest BCUT2D eigenvalue weighted by Gasteiger charge is -2.33. The highest BCUT2D eigenvalue weighted by atomic mass is 16.5. The summed E-state index contributed by atoms with van der Waals surface area (Å²) >= 11 is 0. The SMILES string of the molecule is COc1ccc(C(CNC(=O)N2CCC(NC(=O)c3ccccc3)CC2)N(C)C)cc1. The van der Waals surface area contributed by atoms with Crippen molar-refractivity contribution in [1.82, 2.24) is 20.4 Å². The van der Waals surface area contributed by atoms with Crippen LogP contribution in [-0.4, -0.2) is 68.6 Å². The van der Waals surface area contributed by atoms with Crippen LogP contribution in [0.1, 0.15) is 34.8 Å². The Morgan fingerprint density at radius 3 is 2.29 bits per heavy atom. The Hall–Kier alpha value is -3.06. The highest BCUT2D eigenvalue weighted by Gasteiger charge is 2.25. The molecule has 3 rings (SSSR count). The molecule has 1 fully saturated rings. The maximum absolute atomic E-state index is 12.7. The molecule has 31 heavy (non-hydrogen) atoms. The molecule has 2 N–H and O–H groups in total. The van der Waals surface area contributed by atoms with Crippen LogP contribution in [0.25, 0.3) is 0 Å². The Labute approximate surface area is 184 Å². The van der Waals surface area contributed by atoms with Crippen molar-refractivity contribution in [2.75, 3.05) is 40.8 Å². The smallest absolute Gasteiger partial charge is 0.317 e. The van der Waals surface area contributed by atoms with Gasteiger partial charge in [-0.2, -0.15) is 0 Å². The van der Waals surface area contributed by atoms with Gasteiger partial charge >= 0.3 is 6.03 Å². The van der Waals surface area contributed by atoms with Crippen LogP contribution in [0.3, 0.4) is 0 Å². The van der Waals surface area contributed by atoms with E-state index in [1.54, 1.807) is 7.11 Å². The number of carbonyl (C=O) groups is 2. The molecule has 1 heterocycles. The molecule has 0 radical (unpaired) electrons. The van der Waals surface area contributed by atoms with E-state index in [2.05, 4.69) is 15.5 Å². The Morgan fingerprint density at radius 2 is 1.71 bits per heavy atom. The molecule has 2 aromatic rings. The second kappa shape index (κ2) is 10.8. The molecule has 0 spiro atoms. The molecule has 166 valence electrons. The lowest BCUT2D eigenvalue weighted by molar-refractivity contribution is 0.0917.